The zero-order chi connectivity index (χ0) is 16.3. The summed E-state index contributed by atoms with van der Waals surface area (Å²) in [5, 5.41) is 18.7. The molecule has 0 amide bonds. The average Bonchev–Trinajstić information content (AvgIpc) is 2.54. The van der Waals surface area contributed by atoms with Gasteiger partial charge in [0, 0.05) is 5.56 Å². The first-order valence-corrected chi connectivity index (χ1v) is 6.31. The molecule has 1 heterocycles. The minimum atomic E-state index is -1.21. The summed E-state index contributed by atoms with van der Waals surface area (Å²) in [6.07, 6.45) is 0. The van der Waals surface area contributed by atoms with Crippen molar-refractivity contribution in [1.29, 1.82) is 10.5 Å². The second kappa shape index (κ2) is 6.06. The lowest BCUT2D eigenvalue weighted by Crippen LogP contribution is -2.29. The Bertz CT molecular complexity index is 727. The topological polar surface area (TPSA) is 118 Å². The molecule has 22 heavy (non-hydrogen) atoms. The molecule has 0 fully saturated rings. The minimum Gasteiger partial charge on any atom is -0.493 e. The van der Waals surface area contributed by atoms with Crippen LogP contribution in [0.3, 0.4) is 0 Å². The molecule has 2 N–H and O–H groups in total. The first kappa shape index (κ1) is 15.2. The molecular formula is C15H13N3O4. The van der Waals surface area contributed by atoms with Gasteiger partial charge < -0.3 is 19.9 Å². The summed E-state index contributed by atoms with van der Waals surface area (Å²) in [6.45, 7) is 0. The molecule has 0 radical (unpaired) electrons. The fraction of sp³-hybridized carbons (Fsp3) is 0.267. The van der Waals surface area contributed by atoms with Gasteiger partial charge in [0.2, 0.25) is 5.88 Å². The van der Waals surface area contributed by atoms with Gasteiger partial charge in [-0.3, -0.25) is 4.79 Å². The van der Waals surface area contributed by atoms with Gasteiger partial charge in [0.15, 0.2) is 17.4 Å². The van der Waals surface area contributed by atoms with Gasteiger partial charge in [-0.1, -0.05) is 12.1 Å². The summed E-state index contributed by atoms with van der Waals surface area (Å²) in [5.41, 5.74) is 6.26. The molecule has 2 unspecified atom stereocenters. The van der Waals surface area contributed by atoms with Crippen LogP contribution in [0.15, 0.2) is 29.7 Å². The molecule has 1 aromatic carbocycles. The summed E-state index contributed by atoms with van der Waals surface area (Å²) in [5.74, 6) is -2.31. The monoisotopic (exact) mass is 299 g/mol. The van der Waals surface area contributed by atoms with Gasteiger partial charge in [-0.2, -0.15) is 10.5 Å². The highest BCUT2D eigenvalue weighted by atomic mass is 16.5. The summed E-state index contributed by atoms with van der Waals surface area (Å²) in [6, 6.07) is 8.76. The Kier molecular flexibility index (Phi) is 4.19. The average molecular weight is 299 g/mol. The van der Waals surface area contributed by atoms with Crippen molar-refractivity contribution in [2.45, 2.75) is 5.92 Å². The number of hydrogen-bond acceptors (Lipinski definition) is 7. The number of hydrogen-bond donors (Lipinski definition) is 1. The Hall–Kier alpha value is -3.19. The van der Waals surface area contributed by atoms with Crippen LogP contribution in [-0.2, 0) is 9.53 Å². The summed E-state index contributed by atoms with van der Waals surface area (Å²) < 4.78 is 15.3. The SMILES string of the molecule is COC(=O)C(C#N)C1C(C#N)=C(N)Oc2c(OC)cccc21. The van der Waals surface area contributed by atoms with E-state index in [9.17, 15) is 15.3 Å². The van der Waals surface area contributed by atoms with E-state index in [0.717, 1.165) is 0 Å². The standard InChI is InChI=1S/C15H13N3O4/c1-20-11-5-3-4-8-12(10(7-17)15(19)21-2)9(6-16)14(18)22-13(8)11/h3-5,10,12H,18H2,1-2H3. The van der Waals surface area contributed by atoms with E-state index in [1.54, 1.807) is 18.2 Å². The van der Waals surface area contributed by atoms with Crippen LogP contribution in [0.4, 0.5) is 0 Å². The van der Waals surface area contributed by atoms with Gasteiger partial charge >= 0.3 is 5.97 Å². The maximum absolute atomic E-state index is 11.9. The maximum Gasteiger partial charge on any atom is 0.324 e. The zero-order valence-corrected chi connectivity index (χ0v) is 12.0. The number of benzene rings is 1. The van der Waals surface area contributed by atoms with Crippen molar-refractivity contribution in [3.8, 4) is 23.6 Å². The van der Waals surface area contributed by atoms with Crippen molar-refractivity contribution in [3.63, 3.8) is 0 Å². The highest BCUT2D eigenvalue weighted by Crippen LogP contribution is 2.46. The number of nitrogens with zero attached hydrogens (tertiary/aromatic N) is 2. The quantitative estimate of drug-likeness (QED) is 0.832. The third kappa shape index (κ3) is 2.29. The van der Waals surface area contributed by atoms with E-state index in [2.05, 4.69) is 4.74 Å². The number of carbonyl (C=O) groups is 1. The van der Waals surface area contributed by atoms with E-state index in [1.165, 1.54) is 14.2 Å². The Morgan fingerprint density at radius 1 is 1.41 bits per heavy atom. The number of methoxy groups -OCH3 is 2. The number of allylic oxidation sites excluding steroid dienone is 1. The van der Waals surface area contributed by atoms with Crippen molar-refractivity contribution < 1.29 is 19.0 Å². The van der Waals surface area contributed by atoms with Crippen LogP contribution in [0.25, 0.3) is 0 Å². The molecule has 7 nitrogen and oxygen atoms in total. The van der Waals surface area contributed by atoms with Crippen LogP contribution < -0.4 is 15.2 Å². The number of fused-ring (bicyclic) bond motifs is 1. The first-order chi connectivity index (χ1) is 10.6. The predicted octanol–water partition coefficient (Wildman–Crippen LogP) is 1.18. The molecule has 0 aliphatic carbocycles. The van der Waals surface area contributed by atoms with Crippen molar-refractivity contribution >= 4 is 5.97 Å². The predicted molar refractivity (Wildman–Crippen MR) is 74.3 cm³/mol. The third-order valence-corrected chi connectivity index (χ3v) is 3.40. The molecule has 0 saturated heterocycles. The number of ether oxygens (including phenoxy) is 3. The lowest BCUT2D eigenvalue weighted by molar-refractivity contribution is -0.143. The smallest absolute Gasteiger partial charge is 0.324 e. The molecule has 2 atom stereocenters. The highest BCUT2D eigenvalue weighted by molar-refractivity contribution is 5.78. The van der Waals surface area contributed by atoms with E-state index in [4.69, 9.17) is 15.2 Å². The third-order valence-electron chi connectivity index (χ3n) is 3.40. The molecule has 1 aromatic rings. The lowest BCUT2D eigenvalue weighted by atomic mass is 9.79. The number of para-hydroxylation sites is 1. The van der Waals surface area contributed by atoms with E-state index >= 15 is 0 Å². The van der Waals surface area contributed by atoms with Crippen LogP contribution in [0.5, 0.6) is 11.5 Å². The molecule has 112 valence electrons. The molecule has 7 heteroatoms. The Morgan fingerprint density at radius 3 is 2.68 bits per heavy atom. The fourth-order valence-corrected chi connectivity index (χ4v) is 2.38. The molecule has 2 rings (SSSR count). The number of esters is 1. The van der Waals surface area contributed by atoms with Crippen molar-refractivity contribution in [2.24, 2.45) is 11.7 Å². The van der Waals surface area contributed by atoms with Gasteiger partial charge in [0.1, 0.15) is 6.07 Å². The molecule has 0 spiro atoms. The second-order valence-electron chi connectivity index (χ2n) is 4.48. The second-order valence-corrected chi connectivity index (χ2v) is 4.48. The van der Waals surface area contributed by atoms with Gasteiger partial charge in [-0.05, 0) is 6.07 Å². The van der Waals surface area contributed by atoms with E-state index in [-0.39, 0.29) is 17.2 Å². The van der Waals surface area contributed by atoms with Gasteiger partial charge in [-0.15, -0.1) is 0 Å². The van der Waals surface area contributed by atoms with Gasteiger partial charge in [0.05, 0.1) is 31.8 Å². The van der Waals surface area contributed by atoms with E-state index < -0.39 is 17.8 Å². The molecule has 0 bridgehead atoms. The largest absolute Gasteiger partial charge is 0.493 e. The van der Waals surface area contributed by atoms with Crippen molar-refractivity contribution in [3.05, 3.63) is 35.2 Å². The van der Waals surface area contributed by atoms with Crippen molar-refractivity contribution in [2.75, 3.05) is 14.2 Å². The highest BCUT2D eigenvalue weighted by Gasteiger charge is 2.40. The molecule has 1 aliphatic rings. The Labute approximate surface area is 127 Å². The number of carbonyl (C=O) groups excluding carboxylic acids is 1. The van der Waals surface area contributed by atoms with Crippen LogP contribution >= 0.6 is 0 Å². The van der Waals surface area contributed by atoms with E-state index in [0.29, 0.717) is 11.3 Å². The van der Waals surface area contributed by atoms with Crippen LogP contribution in [0.1, 0.15) is 11.5 Å². The van der Waals surface area contributed by atoms with Gasteiger partial charge in [0.25, 0.3) is 0 Å². The van der Waals surface area contributed by atoms with Crippen LogP contribution in [0, 0.1) is 28.6 Å². The van der Waals surface area contributed by atoms with Crippen LogP contribution in [-0.4, -0.2) is 20.2 Å². The van der Waals surface area contributed by atoms with Gasteiger partial charge in [-0.25, -0.2) is 0 Å². The fourth-order valence-electron chi connectivity index (χ4n) is 2.38. The van der Waals surface area contributed by atoms with E-state index in [1.807, 2.05) is 12.1 Å². The lowest BCUT2D eigenvalue weighted by Gasteiger charge is -2.28. The number of nitriles is 2. The summed E-state index contributed by atoms with van der Waals surface area (Å²) in [4.78, 5) is 11.9. The molecular weight excluding hydrogens is 286 g/mol. The van der Waals surface area contributed by atoms with Crippen LogP contribution in [0.2, 0.25) is 0 Å². The molecule has 0 saturated carbocycles. The van der Waals surface area contributed by atoms with Crippen molar-refractivity contribution in [1.82, 2.24) is 0 Å². The number of rotatable bonds is 3. The first-order valence-electron chi connectivity index (χ1n) is 6.31. The minimum absolute atomic E-state index is 0.0118. The summed E-state index contributed by atoms with van der Waals surface area (Å²) >= 11 is 0. The maximum atomic E-state index is 11.9. The zero-order valence-electron chi connectivity index (χ0n) is 12.0. The Balaban J connectivity index is 2.68. The molecule has 0 aromatic heterocycles. The molecule has 1 aliphatic heterocycles. The Morgan fingerprint density at radius 2 is 2.14 bits per heavy atom. The number of nitrogens with two attached hydrogens (primary N) is 1. The summed E-state index contributed by atoms with van der Waals surface area (Å²) in [7, 11) is 2.63. The normalized spacial score (nSPS) is 17.4.